The molecule has 0 aliphatic carbocycles. The number of halogens is 3. The molecule has 0 radical (unpaired) electrons. The molecule has 1 aromatic carbocycles. The summed E-state index contributed by atoms with van der Waals surface area (Å²) >= 11 is 0. The summed E-state index contributed by atoms with van der Waals surface area (Å²) in [6, 6.07) is 4.61. The quantitative estimate of drug-likeness (QED) is 0.491. The molecule has 1 atom stereocenters. The molecule has 7 nitrogen and oxygen atoms in total. The summed E-state index contributed by atoms with van der Waals surface area (Å²) in [6.07, 6.45) is -0.296. The second kappa shape index (κ2) is 9.92. The van der Waals surface area contributed by atoms with Gasteiger partial charge in [0.1, 0.15) is 17.0 Å². The Morgan fingerprint density at radius 2 is 1.85 bits per heavy atom. The summed E-state index contributed by atoms with van der Waals surface area (Å²) in [6.45, 7) is 3.89. The average molecular weight is 476 g/mol. The average Bonchev–Trinajstić information content (AvgIpc) is 2.79. The van der Waals surface area contributed by atoms with E-state index in [0.717, 1.165) is 18.6 Å². The van der Waals surface area contributed by atoms with E-state index < -0.39 is 17.2 Å². The predicted octanol–water partition coefficient (Wildman–Crippen LogP) is 4.45. The molecule has 0 bridgehead atoms. The van der Waals surface area contributed by atoms with Gasteiger partial charge >= 0.3 is 6.18 Å². The van der Waals surface area contributed by atoms with E-state index in [1.54, 1.807) is 7.05 Å². The molecule has 1 unspecified atom stereocenters. The molecule has 2 heterocycles. The maximum Gasteiger partial charge on any atom is 0.416 e. The summed E-state index contributed by atoms with van der Waals surface area (Å²) in [4.78, 5) is 34.3. The van der Waals surface area contributed by atoms with Crippen molar-refractivity contribution < 1.29 is 22.7 Å². The van der Waals surface area contributed by atoms with Crippen molar-refractivity contribution in [2.75, 3.05) is 25.6 Å². The molecule has 10 heteroatoms. The minimum absolute atomic E-state index is 0.0413. The fourth-order valence-electron chi connectivity index (χ4n) is 4.02. The number of benzene rings is 1. The highest BCUT2D eigenvalue weighted by atomic mass is 19.4. The van der Waals surface area contributed by atoms with Crippen molar-refractivity contribution in [2.45, 2.75) is 32.9 Å². The van der Waals surface area contributed by atoms with Gasteiger partial charge in [-0.3, -0.25) is 9.59 Å². The van der Waals surface area contributed by atoms with Gasteiger partial charge in [0.05, 0.1) is 29.4 Å². The van der Waals surface area contributed by atoms with Crippen LogP contribution < -0.4 is 10.9 Å². The van der Waals surface area contributed by atoms with Crippen LogP contribution in [0.4, 0.5) is 19.0 Å². The number of ether oxygens (including phenoxy) is 1. The van der Waals surface area contributed by atoms with E-state index in [1.165, 1.54) is 43.3 Å². The van der Waals surface area contributed by atoms with Gasteiger partial charge in [0.2, 0.25) is 0 Å². The number of Topliss-reactive ketones (excluding diaryl/α,β-unsaturated/α-hetero) is 1. The van der Waals surface area contributed by atoms with Crippen LogP contribution in [-0.2, 0) is 22.8 Å². The molecule has 0 saturated heterocycles. The van der Waals surface area contributed by atoms with E-state index in [-0.39, 0.29) is 35.7 Å². The molecule has 2 aromatic heterocycles. The van der Waals surface area contributed by atoms with Gasteiger partial charge in [0, 0.05) is 32.5 Å². The number of alkyl halides is 3. The zero-order chi connectivity index (χ0) is 25.1. The lowest BCUT2D eigenvalue weighted by Crippen LogP contribution is -2.41. The van der Waals surface area contributed by atoms with Crippen LogP contribution in [0.5, 0.6) is 0 Å². The van der Waals surface area contributed by atoms with E-state index in [0.29, 0.717) is 23.1 Å². The van der Waals surface area contributed by atoms with Crippen molar-refractivity contribution in [3.8, 4) is 11.1 Å². The van der Waals surface area contributed by atoms with Gasteiger partial charge in [-0.15, -0.1) is 0 Å². The number of anilines is 1. The lowest BCUT2D eigenvalue weighted by Gasteiger charge is -2.30. The first kappa shape index (κ1) is 25.4. The molecule has 1 N–H and O–H groups in total. The zero-order valence-electron chi connectivity index (χ0n) is 19.5. The van der Waals surface area contributed by atoms with Crippen LogP contribution in [0.25, 0.3) is 22.0 Å². The number of fused-ring (bicyclic) bond motifs is 1. The van der Waals surface area contributed by atoms with Crippen molar-refractivity contribution in [3.63, 3.8) is 0 Å². The Balaban J connectivity index is 2.09. The summed E-state index contributed by atoms with van der Waals surface area (Å²) in [7, 11) is 3.07. The number of nitrogens with zero attached hydrogens (tertiary/aromatic N) is 3. The van der Waals surface area contributed by atoms with Gasteiger partial charge in [0.15, 0.2) is 0 Å². The summed E-state index contributed by atoms with van der Waals surface area (Å²) < 4.78 is 45.5. The minimum atomic E-state index is -4.45. The van der Waals surface area contributed by atoms with Crippen molar-refractivity contribution in [1.82, 2.24) is 14.5 Å². The second-order valence-electron chi connectivity index (χ2n) is 8.35. The van der Waals surface area contributed by atoms with Gasteiger partial charge < -0.3 is 14.6 Å². The van der Waals surface area contributed by atoms with Gasteiger partial charge in [-0.2, -0.15) is 13.2 Å². The molecule has 34 heavy (non-hydrogen) atoms. The predicted molar refractivity (Wildman–Crippen MR) is 124 cm³/mol. The van der Waals surface area contributed by atoms with E-state index in [2.05, 4.69) is 15.3 Å². The first-order valence-corrected chi connectivity index (χ1v) is 10.8. The zero-order valence-corrected chi connectivity index (χ0v) is 19.5. The van der Waals surface area contributed by atoms with Crippen LogP contribution in [-0.4, -0.2) is 40.6 Å². The number of methoxy groups -OCH3 is 1. The van der Waals surface area contributed by atoms with E-state index in [4.69, 9.17) is 4.74 Å². The molecule has 0 spiro atoms. The number of nitrogens with one attached hydrogen (secondary N) is 1. The van der Waals surface area contributed by atoms with Crippen molar-refractivity contribution in [3.05, 3.63) is 52.7 Å². The third-order valence-corrected chi connectivity index (χ3v) is 5.96. The first-order valence-electron chi connectivity index (χ1n) is 10.8. The molecular formula is C24H27F3N4O3. The number of aromatic nitrogens is 3. The van der Waals surface area contributed by atoms with E-state index >= 15 is 0 Å². The lowest BCUT2D eigenvalue weighted by atomic mass is 9.80. The number of carbonyl (C=O) groups is 1. The monoisotopic (exact) mass is 476 g/mol. The Morgan fingerprint density at radius 3 is 2.41 bits per heavy atom. The Labute approximate surface area is 195 Å². The Hall–Kier alpha value is -3.27. The van der Waals surface area contributed by atoms with Crippen LogP contribution in [0, 0.1) is 5.41 Å². The largest absolute Gasteiger partial charge is 0.416 e. The third kappa shape index (κ3) is 4.96. The Morgan fingerprint density at radius 1 is 1.18 bits per heavy atom. The molecule has 182 valence electrons. The van der Waals surface area contributed by atoms with Gasteiger partial charge in [-0.1, -0.05) is 25.5 Å². The van der Waals surface area contributed by atoms with Crippen LogP contribution in [0.3, 0.4) is 0 Å². The van der Waals surface area contributed by atoms with Crippen LogP contribution in [0.2, 0.25) is 0 Å². The standard InChI is InChI=1S/C24H27F3N4O3/c1-5-10-23(13-34-4,15(2)32)12-29-21-19-20(30-14-31(3)22(19)33)18(11-28-21)16-6-8-17(9-7-16)24(25,26)27/h6-9,11,14H,5,10,12-13H2,1-4H3,(H,28,29). The van der Waals surface area contributed by atoms with Crippen molar-refractivity contribution >= 4 is 22.5 Å². The smallest absolute Gasteiger partial charge is 0.384 e. The molecule has 3 rings (SSSR count). The summed E-state index contributed by atoms with van der Waals surface area (Å²) in [5.74, 6) is 0.206. The molecule has 0 fully saturated rings. The van der Waals surface area contributed by atoms with E-state index in [9.17, 15) is 22.8 Å². The molecule has 0 saturated carbocycles. The van der Waals surface area contributed by atoms with Gasteiger partial charge in [-0.25, -0.2) is 9.97 Å². The first-order chi connectivity index (χ1) is 16.0. The van der Waals surface area contributed by atoms with Crippen LogP contribution in [0.15, 0.2) is 41.6 Å². The Kier molecular flexibility index (Phi) is 7.40. The highest BCUT2D eigenvalue weighted by Gasteiger charge is 2.35. The molecule has 0 aliphatic heterocycles. The second-order valence-corrected chi connectivity index (χ2v) is 8.35. The molecule has 0 amide bonds. The fourth-order valence-corrected chi connectivity index (χ4v) is 4.02. The van der Waals surface area contributed by atoms with E-state index in [1.807, 2.05) is 6.92 Å². The number of rotatable bonds is 9. The molecular weight excluding hydrogens is 449 g/mol. The van der Waals surface area contributed by atoms with Crippen LogP contribution >= 0.6 is 0 Å². The van der Waals surface area contributed by atoms with Crippen LogP contribution in [0.1, 0.15) is 32.3 Å². The van der Waals surface area contributed by atoms with Crippen molar-refractivity contribution in [1.29, 1.82) is 0 Å². The maximum atomic E-state index is 13.0. The Bertz CT molecular complexity index is 1230. The maximum absolute atomic E-state index is 13.0. The molecule has 0 aliphatic rings. The SMILES string of the molecule is CCCC(CNc1ncc(-c2ccc(C(F)(F)F)cc2)c2ncn(C)c(=O)c12)(COC)C(C)=O. The van der Waals surface area contributed by atoms with Crippen molar-refractivity contribution in [2.24, 2.45) is 12.5 Å². The fraction of sp³-hybridized carbons (Fsp3) is 0.417. The minimum Gasteiger partial charge on any atom is -0.384 e. The number of carbonyl (C=O) groups excluding carboxylic acids is 1. The highest BCUT2D eigenvalue weighted by Crippen LogP contribution is 2.34. The number of hydrogen-bond acceptors (Lipinski definition) is 6. The van der Waals surface area contributed by atoms with Gasteiger partial charge in [-0.05, 0) is 31.0 Å². The molecule has 3 aromatic rings. The summed E-state index contributed by atoms with van der Waals surface area (Å²) in [5.41, 5.74) is -0.765. The highest BCUT2D eigenvalue weighted by molar-refractivity contribution is 5.98. The summed E-state index contributed by atoms with van der Waals surface area (Å²) in [5, 5.41) is 3.33. The third-order valence-electron chi connectivity index (χ3n) is 5.96. The number of ketones is 1. The normalized spacial score (nSPS) is 13.6. The number of pyridine rings is 1. The number of hydrogen-bond donors (Lipinski definition) is 1. The topological polar surface area (TPSA) is 86.1 Å². The van der Waals surface area contributed by atoms with Gasteiger partial charge in [0.25, 0.3) is 5.56 Å². The number of aryl methyl sites for hydroxylation is 1. The lowest BCUT2D eigenvalue weighted by molar-refractivity contribution is -0.137.